The van der Waals surface area contributed by atoms with Gasteiger partial charge in [-0.1, -0.05) is 12.1 Å². The molecular weight excluding hydrogens is 254 g/mol. The molecule has 1 aliphatic rings. The fourth-order valence-electron chi connectivity index (χ4n) is 2.40. The van der Waals surface area contributed by atoms with E-state index in [0.717, 1.165) is 24.4 Å². The van der Waals surface area contributed by atoms with Gasteiger partial charge >= 0.3 is 0 Å². The predicted octanol–water partition coefficient (Wildman–Crippen LogP) is 1.52. The molecule has 0 unspecified atom stereocenters. The van der Waals surface area contributed by atoms with Crippen LogP contribution in [0.25, 0.3) is 0 Å². The second kappa shape index (κ2) is 5.36. The maximum absolute atomic E-state index is 12.2. The Bertz CT molecular complexity index is 589. The lowest BCUT2D eigenvalue weighted by molar-refractivity contribution is -0.136. The standard InChI is InChI=1S/C15H17N3O2/c1-20-14-4-2-3-12(7-14)8-15(19)18-9-13(10-18)17-6-5-16-11-17/h2-7,11,13H,8-10H2,1H3. The molecule has 1 amide bonds. The summed E-state index contributed by atoms with van der Waals surface area (Å²) in [5, 5.41) is 0. The zero-order chi connectivity index (χ0) is 13.9. The number of hydrogen-bond donors (Lipinski definition) is 0. The van der Waals surface area contributed by atoms with Gasteiger partial charge in [0.25, 0.3) is 0 Å². The minimum Gasteiger partial charge on any atom is -0.497 e. The number of imidazole rings is 1. The monoisotopic (exact) mass is 271 g/mol. The summed E-state index contributed by atoms with van der Waals surface area (Å²) in [5.74, 6) is 0.949. The Labute approximate surface area is 117 Å². The molecule has 104 valence electrons. The highest BCUT2D eigenvalue weighted by atomic mass is 16.5. The predicted molar refractivity (Wildman–Crippen MR) is 74.5 cm³/mol. The number of hydrogen-bond acceptors (Lipinski definition) is 3. The second-order valence-corrected chi connectivity index (χ2v) is 4.99. The Balaban J connectivity index is 1.56. The number of amides is 1. The smallest absolute Gasteiger partial charge is 0.227 e. The zero-order valence-electron chi connectivity index (χ0n) is 11.4. The van der Waals surface area contributed by atoms with Gasteiger partial charge in [-0.2, -0.15) is 0 Å². The molecule has 1 aliphatic heterocycles. The lowest BCUT2D eigenvalue weighted by Crippen LogP contribution is -2.51. The van der Waals surface area contributed by atoms with Gasteiger partial charge in [0.15, 0.2) is 0 Å². The number of rotatable bonds is 4. The second-order valence-electron chi connectivity index (χ2n) is 4.99. The minimum absolute atomic E-state index is 0.162. The van der Waals surface area contributed by atoms with Gasteiger partial charge in [-0.25, -0.2) is 4.98 Å². The molecule has 5 nitrogen and oxygen atoms in total. The number of ether oxygens (including phenoxy) is 1. The van der Waals surface area contributed by atoms with Crippen molar-refractivity contribution in [2.75, 3.05) is 20.2 Å². The van der Waals surface area contributed by atoms with E-state index in [1.54, 1.807) is 19.6 Å². The van der Waals surface area contributed by atoms with E-state index in [1.807, 2.05) is 35.4 Å². The zero-order valence-corrected chi connectivity index (χ0v) is 11.4. The van der Waals surface area contributed by atoms with Crippen molar-refractivity contribution in [1.29, 1.82) is 0 Å². The number of methoxy groups -OCH3 is 1. The van der Waals surface area contributed by atoms with Crippen LogP contribution in [-0.2, 0) is 11.2 Å². The molecular formula is C15H17N3O2. The van der Waals surface area contributed by atoms with E-state index < -0.39 is 0 Å². The molecule has 3 rings (SSSR count). The summed E-state index contributed by atoms with van der Waals surface area (Å²) in [7, 11) is 1.63. The third-order valence-electron chi connectivity index (χ3n) is 3.65. The van der Waals surface area contributed by atoms with E-state index in [4.69, 9.17) is 4.74 Å². The van der Waals surface area contributed by atoms with Crippen molar-refractivity contribution in [3.63, 3.8) is 0 Å². The first-order valence-electron chi connectivity index (χ1n) is 6.64. The first-order valence-corrected chi connectivity index (χ1v) is 6.64. The Kier molecular flexibility index (Phi) is 3.41. The Morgan fingerprint density at radius 3 is 3.00 bits per heavy atom. The van der Waals surface area contributed by atoms with Crippen molar-refractivity contribution < 1.29 is 9.53 Å². The molecule has 20 heavy (non-hydrogen) atoms. The van der Waals surface area contributed by atoms with E-state index >= 15 is 0 Å². The summed E-state index contributed by atoms with van der Waals surface area (Å²) in [5.41, 5.74) is 0.987. The molecule has 1 fully saturated rings. The van der Waals surface area contributed by atoms with E-state index in [1.165, 1.54) is 0 Å². The van der Waals surface area contributed by atoms with E-state index in [0.29, 0.717) is 12.5 Å². The molecule has 0 radical (unpaired) electrons. The first-order chi connectivity index (χ1) is 9.76. The van der Waals surface area contributed by atoms with Gasteiger partial charge < -0.3 is 14.2 Å². The van der Waals surface area contributed by atoms with Gasteiger partial charge in [-0.3, -0.25) is 4.79 Å². The normalized spacial score (nSPS) is 14.9. The first kappa shape index (κ1) is 12.7. The topological polar surface area (TPSA) is 47.4 Å². The number of carbonyl (C=O) groups is 1. The molecule has 0 atom stereocenters. The molecule has 2 aromatic rings. The van der Waals surface area contributed by atoms with Crippen molar-refractivity contribution in [3.8, 4) is 5.75 Å². The van der Waals surface area contributed by atoms with Crippen molar-refractivity contribution in [2.24, 2.45) is 0 Å². The molecule has 0 spiro atoms. The molecule has 2 heterocycles. The van der Waals surface area contributed by atoms with Crippen LogP contribution in [0.3, 0.4) is 0 Å². The van der Waals surface area contributed by atoms with Gasteiger partial charge in [-0.15, -0.1) is 0 Å². The molecule has 0 N–H and O–H groups in total. The number of nitrogens with zero attached hydrogens (tertiary/aromatic N) is 3. The van der Waals surface area contributed by atoms with Gasteiger partial charge in [0, 0.05) is 25.5 Å². The third-order valence-corrected chi connectivity index (χ3v) is 3.65. The average Bonchev–Trinajstić information content (AvgIpc) is 2.91. The van der Waals surface area contributed by atoms with Crippen LogP contribution in [-0.4, -0.2) is 40.6 Å². The summed E-state index contributed by atoms with van der Waals surface area (Å²) in [4.78, 5) is 18.1. The van der Waals surface area contributed by atoms with Crippen LogP contribution >= 0.6 is 0 Å². The van der Waals surface area contributed by atoms with Crippen LogP contribution in [0.2, 0.25) is 0 Å². The summed E-state index contributed by atoms with van der Waals surface area (Å²) in [6, 6.07) is 8.02. The van der Waals surface area contributed by atoms with Crippen molar-refractivity contribution in [1.82, 2.24) is 14.5 Å². The average molecular weight is 271 g/mol. The van der Waals surface area contributed by atoms with E-state index in [9.17, 15) is 4.79 Å². The summed E-state index contributed by atoms with van der Waals surface area (Å²) in [6.07, 6.45) is 5.93. The van der Waals surface area contributed by atoms with Crippen LogP contribution in [0.15, 0.2) is 43.0 Å². The quantitative estimate of drug-likeness (QED) is 0.847. The number of likely N-dealkylation sites (tertiary alicyclic amines) is 1. The van der Waals surface area contributed by atoms with Crippen molar-refractivity contribution in [2.45, 2.75) is 12.5 Å². The Morgan fingerprint density at radius 2 is 2.30 bits per heavy atom. The molecule has 5 heteroatoms. The van der Waals surface area contributed by atoms with Crippen LogP contribution in [0.1, 0.15) is 11.6 Å². The van der Waals surface area contributed by atoms with Gasteiger partial charge in [0.1, 0.15) is 5.75 Å². The molecule has 1 aromatic carbocycles. The molecule has 1 saturated heterocycles. The van der Waals surface area contributed by atoms with E-state index in [2.05, 4.69) is 9.55 Å². The largest absolute Gasteiger partial charge is 0.497 e. The Morgan fingerprint density at radius 1 is 1.45 bits per heavy atom. The Hall–Kier alpha value is -2.30. The maximum atomic E-state index is 12.2. The fraction of sp³-hybridized carbons (Fsp3) is 0.333. The molecule has 0 aliphatic carbocycles. The van der Waals surface area contributed by atoms with Gasteiger partial charge in [-0.05, 0) is 17.7 Å². The van der Waals surface area contributed by atoms with Gasteiger partial charge in [0.2, 0.25) is 5.91 Å². The summed E-state index contributed by atoms with van der Waals surface area (Å²) in [6.45, 7) is 1.53. The molecule has 0 bridgehead atoms. The SMILES string of the molecule is COc1cccc(CC(=O)N2CC(n3ccnc3)C2)c1. The number of aromatic nitrogens is 2. The van der Waals surface area contributed by atoms with Crippen molar-refractivity contribution in [3.05, 3.63) is 48.5 Å². The summed E-state index contributed by atoms with van der Waals surface area (Å²) >= 11 is 0. The number of carbonyl (C=O) groups excluding carboxylic acids is 1. The number of benzene rings is 1. The highest BCUT2D eigenvalue weighted by Gasteiger charge is 2.31. The third kappa shape index (κ3) is 2.52. The lowest BCUT2D eigenvalue weighted by atomic mass is 10.1. The highest BCUT2D eigenvalue weighted by molar-refractivity contribution is 5.79. The molecule has 0 saturated carbocycles. The minimum atomic E-state index is 0.162. The highest BCUT2D eigenvalue weighted by Crippen LogP contribution is 2.22. The fourth-order valence-corrected chi connectivity index (χ4v) is 2.40. The van der Waals surface area contributed by atoms with Crippen LogP contribution in [0.4, 0.5) is 0 Å². The van der Waals surface area contributed by atoms with Crippen LogP contribution in [0.5, 0.6) is 5.75 Å². The lowest BCUT2D eigenvalue weighted by Gasteiger charge is -2.39. The maximum Gasteiger partial charge on any atom is 0.227 e. The van der Waals surface area contributed by atoms with E-state index in [-0.39, 0.29) is 5.91 Å². The van der Waals surface area contributed by atoms with Gasteiger partial charge in [0.05, 0.1) is 25.9 Å². The van der Waals surface area contributed by atoms with Crippen LogP contribution in [0, 0.1) is 0 Å². The molecule has 1 aromatic heterocycles. The van der Waals surface area contributed by atoms with Crippen molar-refractivity contribution >= 4 is 5.91 Å². The van der Waals surface area contributed by atoms with Crippen LogP contribution < -0.4 is 4.74 Å². The summed E-state index contributed by atoms with van der Waals surface area (Å²) < 4.78 is 7.22.